The molecule has 2 heterocycles. The number of amides is 1. The molecule has 0 aromatic heterocycles. The molecule has 1 amide bonds. The number of carbonyl (C=O) groups is 2. The molecule has 1 aromatic carbocycles. The zero-order chi connectivity index (χ0) is 18.0. The maximum absolute atomic E-state index is 14.0. The van der Waals surface area contributed by atoms with Crippen LogP contribution in [0.5, 0.6) is 0 Å². The molecule has 2 aliphatic rings. The van der Waals surface area contributed by atoms with E-state index in [1.165, 1.54) is 6.07 Å². The van der Waals surface area contributed by atoms with Gasteiger partial charge < -0.3 is 10.0 Å². The van der Waals surface area contributed by atoms with Gasteiger partial charge in [0.1, 0.15) is 5.82 Å². The second-order valence-corrected chi connectivity index (χ2v) is 6.82. The van der Waals surface area contributed by atoms with Gasteiger partial charge in [-0.3, -0.25) is 19.4 Å². The first-order valence-corrected chi connectivity index (χ1v) is 8.69. The molecule has 3 rings (SSSR count). The highest BCUT2D eigenvalue weighted by atomic mass is 19.1. The number of para-hydroxylation sites is 1. The fourth-order valence-electron chi connectivity index (χ4n) is 3.89. The zero-order valence-corrected chi connectivity index (χ0v) is 14.4. The van der Waals surface area contributed by atoms with Crippen molar-refractivity contribution in [1.29, 1.82) is 0 Å². The summed E-state index contributed by atoms with van der Waals surface area (Å²) in [6.45, 7) is 2.09. The van der Waals surface area contributed by atoms with Crippen LogP contribution in [0.25, 0.3) is 0 Å². The molecule has 2 fully saturated rings. The number of carbonyl (C=O) groups excluding carboxylic acids is 1. The van der Waals surface area contributed by atoms with Crippen LogP contribution in [0.4, 0.5) is 10.1 Å². The Morgan fingerprint density at radius 1 is 1.24 bits per heavy atom. The molecule has 136 valence electrons. The van der Waals surface area contributed by atoms with Crippen LogP contribution in [-0.4, -0.2) is 72.1 Å². The molecular weight excluding hydrogens is 325 g/mol. The van der Waals surface area contributed by atoms with Crippen LogP contribution in [0, 0.1) is 5.82 Å². The number of likely N-dealkylation sites (N-methyl/N-ethyl adjacent to an activating group) is 1. The third-order valence-electron chi connectivity index (χ3n) is 5.27. The maximum atomic E-state index is 14.0. The molecule has 0 radical (unpaired) electrons. The standard InChI is InChI=1S/C18H24FN3O3/c1-20(12-17(23)24)13-6-9-21(10-7-13)16-8-11-22(18(16)25)15-5-3-2-4-14(15)19/h2-5,13,16H,6-12H2,1H3,(H,23,24). The number of rotatable bonds is 5. The average Bonchev–Trinajstić information content (AvgIpc) is 2.96. The number of hydrogen-bond donors (Lipinski definition) is 1. The number of hydrogen-bond acceptors (Lipinski definition) is 4. The van der Waals surface area contributed by atoms with Gasteiger partial charge in [-0.05, 0) is 38.4 Å². The number of carboxylic acid groups (broad SMARTS) is 1. The van der Waals surface area contributed by atoms with Gasteiger partial charge in [0, 0.05) is 25.7 Å². The largest absolute Gasteiger partial charge is 0.480 e. The SMILES string of the molecule is CN(CC(=O)O)C1CCN(C2CCN(c3ccccc3F)C2=O)CC1. The molecule has 2 saturated heterocycles. The molecule has 6 nitrogen and oxygen atoms in total. The highest BCUT2D eigenvalue weighted by molar-refractivity contribution is 5.99. The molecule has 1 unspecified atom stereocenters. The Hall–Kier alpha value is -1.99. The summed E-state index contributed by atoms with van der Waals surface area (Å²) in [5.41, 5.74) is 0.353. The van der Waals surface area contributed by atoms with Crippen molar-refractivity contribution in [2.75, 3.05) is 38.1 Å². The second-order valence-electron chi connectivity index (χ2n) is 6.82. The first kappa shape index (κ1) is 17.8. The van der Waals surface area contributed by atoms with E-state index in [1.807, 2.05) is 11.9 Å². The summed E-state index contributed by atoms with van der Waals surface area (Å²) in [5, 5.41) is 8.90. The van der Waals surface area contributed by atoms with Gasteiger partial charge in [0.15, 0.2) is 0 Å². The number of nitrogens with zero attached hydrogens (tertiary/aromatic N) is 3. The van der Waals surface area contributed by atoms with Crippen molar-refractivity contribution in [2.24, 2.45) is 0 Å². The third-order valence-corrected chi connectivity index (χ3v) is 5.27. The van der Waals surface area contributed by atoms with Crippen molar-refractivity contribution in [1.82, 2.24) is 9.80 Å². The summed E-state index contributed by atoms with van der Waals surface area (Å²) in [5.74, 6) is -1.23. The highest BCUT2D eigenvalue weighted by Gasteiger charge is 2.39. The van der Waals surface area contributed by atoms with Crippen LogP contribution in [0.2, 0.25) is 0 Å². The summed E-state index contributed by atoms with van der Waals surface area (Å²) >= 11 is 0. The summed E-state index contributed by atoms with van der Waals surface area (Å²) in [7, 11) is 1.83. The Kier molecular flexibility index (Phi) is 5.34. The van der Waals surface area contributed by atoms with Crippen LogP contribution in [0.15, 0.2) is 24.3 Å². The molecule has 0 bridgehead atoms. The van der Waals surface area contributed by atoms with Crippen molar-refractivity contribution < 1.29 is 19.1 Å². The number of halogens is 1. The van der Waals surface area contributed by atoms with Crippen LogP contribution >= 0.6 is 0 Å². The van der Waals surface area contributed by atoms with E-state index in [9.17, 15) is 14.0 Å². The highest BCUT2D eigenvalue weighted by Crippen LogP contribution is 2.28. The topological polar surface area (TPSA) is 64.1 Å². The van der Waals surface area contributed by atoms with E-state index in [-0.39, 0.29) is 30.4 Å². The van der Waals surface area contributed by atoms with E-state index in [0.29, 0.717) is 18.7 Å². The molecule has 2 aliphatic heterocycles. The van der Waals surface area contributed by atoms with E-state index < -0.39 is 5.97 Å². The number of piperidine rings is 1. The van der Waals surface area contributed by atoms with Crippen LogP contribution in [0.1, 0.15) is 19.3 Å². The van der Waals surface area contributed by atoms with Crippen molar-refractivity contribution in [3.05, 3.63) is 30.1 Å². The minimum Gasteiger partial charge on any atom is -0.480 e. The Balaban J connectivity index is 1.59. The van der Waals surface area contributed by atoms with Gasteiger partial charge in [-0.2, -0.15) is 0 Å². The first-order valence-electron chi connectivity index (χ1n) is 8.69. The van der Waals surface area contributed by atoms with Crippen LogP contribution in [-0.2, 0) is 9.59 Å². The lowest BCUT2D eigenvalue weighted by Crippen LogP contribution is -2.50. The molecule has 1 atom stereocenters. The normalized spacial score (nSPS) is 22.8. The lowest BCUT2D eigenvalue weighted by atomic mass is 10.0. The number of aliphatic carboxylic acids is 1. The Morgan fingerprint density at radius 3 is 2.56 bits per heavy atom. The fraction of sp³-hybridized carbons (Fsp3) is 0.556. The van der Waals surface area contributed by atoms with Gasteiger partial charge in [-0.15, -0.1) is 0 Å². The lowest BCUT2D eigenvalue weighted by Gasteiger charge is -2.38. The molecule has 0 saturated carbocycles. The van der Waals surface area contributed by atoms with Gasteiger partial charge >= 0.3 is 5.97 Å². The predicted molar refractivity (Wildman–Crippen MR) is 92.0 cm³/mol. The number of likely N-dealkylation sites (tertiary alicyclic amines) is 1. The van der Waals surface area contributed by atoms with Crippen LogP contribution in [0.3, 0.4) is 0 Å². The van der Waals surface area contributed by atoms with Crippen LogP contribution < -0.4 is 4.90 Å². The van der Waals surface area contributed by atoms with Gasteiger partial charge in [0.25, 0.3) is 0 Å². The number of carboxylic acids is 1. The summed E-state index contributed by atoms with van der Waals surface area (Å²) < 4.78 is 14.0. The number of anilines is 1. The molecule has 0 spiro atoms. The molecule has 0 aliphatic carbocycles. The Labute approximate surface area is 146 Å². The lowest BCUT2D eigenvalue weighted by molar-refractivity contribution is -0.138. The van der Waals surface area contributed by atoms with Gasteiger partial charge in [-0.1, -0.05) is 12.1 Å². The van der Waals surface area contributed by atoms with Gasteiger partial charge in [0.2, 0.25) is 5.91 Å². The van der Waals surface area contributed by atoms with E-state index >= 15 is 0 Å². The first-order chi connectivity index (χ1) is 12.0. The number of benzene rings is 1. The monoisotopic (exact) mass is 349 g/mol. The average molecular weight is 349 g/mol. The zero-order valence-electron chi connectivity index (χ0n) is 14.4. The summed E-state index contributed by atoms with van der Waals surface area (Å²) in [6, 6.07) is 6.40. The van der Waals surface area contributed by atoms with Gasteiger partial charge in [0.05, 0.1) is 18.3 Å². The third kappa shape index (κ3) is 3.82. The quantitative estimate of drug-likeness (QED) is 0.871. The Bertz CT molecular complexity index is 646. The van der Waals surface area contributed by atoms with E-state index in [0.717, 1.165) is 25.9 Å². The summed E-state index contributed by atoms with van der Waals surface area (Å²) in [4.78, 5) is 29.2. The second kappa shape index (κ2) is 7.49. The summed E-state index contributed by atoms with van der Waals surface area (Å²) in [6.07, 6.45) is 2.38. The van der Waals surface area contributed by atoms with Gasteiger partial charge in [-0.25, -0.2) is 4.39 Å². The van der Waals surface area contributed by atoms with E-state index in [2.05, 4.69) is 4.90 Å². The molecular formula is C18H24FN3O3. The minimum atomic E-state index is -0.823. The molecule has 1 N–H and O–H groups in total. The molecule has 1 aromatic rings. The predicted octanol–water partition coefficient (Wildman–Crippen LogP) is 1.41. The Morgan fingerprint density at radius 2 is 1.92 bits per heavy atom. The maximum Gasteiger partial charge on any atom is 0.317 e. The van der Waals surface area contributed by atoms with E-state index in [4.69, 9.17) is 5.11 Å². The fourth-order valence-corrected chi connectivity index (χ4v) is 3.89. The smallest absolute Gasteiger partial charge is 0.317 e. The molecule has 7 heteroatoms. The minimum absolute atomic E-state index is 0.0358. The van der Waals surface area contributed by atoms with Crippen molar-refractivity contribution >= 4 is 17.6 Å². The van der Waals surface area contributed by atoms with E-state index in [1.54, 1.807) is 23.1 Å². The van der Waals surface area contributed by atoms with Crippen molar-refractivity contribution in [3.8, 4) is 0 Å². The van der Waals surface area contributed by atoms with Crippen molar-refractivity contribution in [2.45, 2.75) is 31.3 Å². The van der Waals surface area contributed by atoms with Crippen molar-refractivity contribution in [3.63, 3.8) is 0 Å². The molecule has 25 heavy (non-hydrogen) atoms.